The van der Waals surface area contributed by atoms with Crippen molar-refractivity contribution in [3.05, 3.63) is 71.8 Å². The lowest BCUT2D eigenvalue weighted by Gasteiger charge is -2.15. The van der Waals surface area contributed by atoms with Crippen LogP contribution in [0.3, 0.4) is 0 Å². The van der Waals surface area contributed by atoms with Crippen LogP contribution in [0.25, 0.3) is 0 Å². The second kappa shape index (κ2) is 9.35. The molecule has 4 amide bonds. The smallest absolute Gasteiger partial charge is 0.324 e. The Bertz CT molecular complexity index is 896. The van der Waals surface area contributed by atoms with Crippen molar-refractivity contribution >= 4 is 23.6 Å². The normalized spacial score (nSPS) is 14.9. The zero-order valence-electron chi connectivity index (χ0n) is 17.2. The van der Waals surface area contributed by atoms with Gasteiger partial charge in [-0.25, -0.2) is 10.2 Å². The Hall–Kier alpha value is -3.48. The van der Waals surface area contributed by atoms with Crippen LogP contribution in [-0.4, -0.2) is 40.5 Å². The molecule has 0 spiro atoms. The highest BCUT2D eigenvalue weighted by Gasteiger charge is 2.43. The molecule has 0 aliphatic carbocycles. The number of hydrogen-bond acceptors (Lipinski definition) is 4. The molecule has 0 aromatic heterocycles. The number of nitrogens with one attached hydrogen (secondary N) is 2. The van der Waals surface area contributed by atoms with E-state index in [2.05, 4.69) is 15.8 Å². The molecule has 1 heterocycles. The highest BCUT2D eigenvalue weighted by atomic mass is 16.2. The number of urea groups is 1. The number of nitrogens with zero attached hydrogens (tertiary/aromatic N) is 2. The fourth-order valence-electron chi connectivity index (χ4n) is 3.24. The summed E-state index contributed by atoms with van der Waals surface area (Å²) in [6, 6.07) is 19.4. The van der Waals surface area contributed by atoms with E-state index in [9.17, 15) is 14.4 Å². The van der Waals surface area contributed by atoms with E-state index in [1.807, 2.05) is 60.7 Å². The maximum absolute atomic E-state index is 12.3. The zero-order chi connectivity index (χ0) is 21.6. The van der Waals surface area contributed by atoms with Gasteiger partial charge in [-0.3, -0.25) is 14.5 Å². The lowest BCUT2D eigenvalue weighted by atomic mass is 10.0. The molecule has 2 aromatic carbocycles. The van der Waals surface area contributed by atoms with Gasteiger partial charge in [-0.1, -0.05) is 60.7 Å². The van der Waals surface area contributed by atoms with Crippen molar-refractivity contribution in [2.24, 2.45) is 5.10 Å². The van der Waals surface area contributed by atoms with Gasteiger partial charge in [-0.15, -0.1) is 0 Å². The summed E-state index contributed by atoms with van der Waals surface area (Å²) in [5.41, 5.74) is 4.65. The Kier molecular flexibility index (Phi) is 6.61. The molecule has 2 N–H and O–H groups in total. The molecule has 0 unspecified atom stereocenters. The molecular weight excluding hydrogens is 380 g/mol. The second-order valence-electron chi connectivity index (χ2n) is 7.80. The summed E-state index contributed by atoms with van der Waals surface area (Å²) in [4.78, 5) is 37.5. The lowest BCUT2D eigenvalue weighted by molar-refractivity contribution is -0.130. The largest absolute Gasteiger partial charge is 0.325 e. The lowest BCUT2D eigenvalue weighted by Crippen LogP contribution is -2.40. The molecule has 0 radical (unpaired) electrons. The third-order valence-corrected chi connectivity index (χ3v) is 4.85. The van der Waals surface area contributed by atoms with Crippen LogP contribution in [0.5, 0.6) is 0 Å². The molecular formula is C23H26N4O3. The average molecular weight is 406 g/mol. The Morgan fingerprint density at radius 2 is 1.50 bits per heavy atom. The van der Waals surface area contributed by atoms with Crippen molar-refractivity contribution in [2.45, 2.75) is 38.6 Å². The zero-order valence-corrected chi connectivity index (χ0v) is 17.2. The molecule has 3 rings (SSSR count). The third-order valence-electron chi connectivity index (χ3n) is 4.85. The summed E-state index contributed by atoms with van der Waals surface area (Å²) >= 11 is 0. The van der Waals surface area contributed by atoms with Gasteiger partial charge in [0.2, 0.25) is 5.91 Å². The molecule has 7 nitrogen and oxygen atoms in total. The van der Waals surface area contributed by atoms with Crippen LogP contribution >= 0.6 is 0 Å². The second-order valence-corrected chi connectivity index (χ2v) is 7.80. The SMILES string of the molecule is CC1(C)NC(=O)N(CCC(=O)NN=C(Cc2ccccc2)Cc2ccccc2)C1=O. The number of carbonyl (C=O) groups excluding carboxylic acids is 3. The summed E-state index contributed by atoms with van der Waals surface area (Å²) in [5, 5.41) is 6.94. The van der Waals surface area contributed by atoms with Crippen molar-refractivity contribution in [2.75, 3.05) is 6.54 Å². The quantitative estimate of drug-likeness (QED) is 0.401. The first-order chi connectivity index (χ1) is 14.3. The van der Waals surface area contributed by atoms with E-state index in [-0.39, 0.29) is 24.8 Å². The summed E-state index contributed by atoms with van der Waals surface area (Å²) in [6.45, 7) is 3.29. The molecule has 7 heteroatoms. The van der Waals surface area contributed by atoms with Crippen LogP contribution in [-0.2, 0) is 22.4 Å². The maximum atomic E-state index is 12.3. The number of rotatable bonds is 8. The van der Waals surface area contributed by atoms with Crippen LogP contribution in [0.1, 0.15) is 31.4 Å². The Labute approximate surface area is 176 Å². The topological polar surface area (TPSA) is 90.9 Å². The third kappa shape index (κ3) is 5.53. The molecule has 1 aliphatic heterocycles. The summed E-state index contributed by atoms with van der Waals surface area (Å²) in [5.74, 6) is -0.684. The van der Waals surface area contributed by atoms with Gasteiger partial charge in [-0.05, 0) is 25.0 Å². The van der Waals surface area contributed by atoms with Gasteiger partial charge < -0.3 is 5.32 Å². The number of carbonyl (C=O) groups is 3. The van der Waals surface area contributed by atoms with Crippen molar-refractivity contribution in [3.8, 4) is 0 Å². The van der Waals surface area contributed by atoms with E-state index < -0.39 is 11.6 Å². The van der Waals surface area contributed by atoms with Crippen LogP contribution in [0.15, 0.2) is 65.8 Å². The van der Waals surface area contributed by atoms with E-state index in [0.717, 1.165) is 21.7 Å². The number of hydrogen-bond donors (Lipinski definition) is 2. The molecule has 0 bridgehead atoms. The van der Waals surface area contributed by atoms with Gasteiger partial charge in [0, 0.05) is 31.5 Å². The molecule has 156 valence electrons. The van der Waals surface area contributed by atoms with Gasteiger partial charge in [-0.2, -0.15) is 5.10 Å². The average Bonchev–Trinajstić information content (AvgIpc) is 2.92. The van der Waals surface area contributed by atoms with Crippen molar-refractivity contribution < 1.29 is 14.4 Å². The molecule has 30 heavy (non-hydrogen) atoms. The minimum Gasteiger partial charge on any atom is -0.324 e. The van der Waals surface area contributed by atoms with Gasteiger partial charge in [0.25, 0.3) is 5.91 Å². The first-order valence-electron chi connectivity index (χ1n) is 9.91. The summed E-state index contributed by atoms with van der Waals surface area (Å²) < 4.78 is 0. The van der Waals surface area contributed by atoms with Crippen molar-refractivity contribution in [3.63, 3.8) is 0 Å². The van der Waals surface area contributed by atoms with Gasteiger partial charge in [0.05, 0.1) is 0 Å². The molecule has 2 aromatic rings. The Balaban J connectivity index is 1.62. The predicted octanol–water partition coefficient (Wildman–Crippen LogP) is 2.66. The van der Waals surface area contributed by atoms with Crippen LogP contribution in [0.2, 0.25) is 0 Å². The van der Waals surface area contributed by atoms with Crippen LogP contribution < -0.4 is 10.7 Å². The van der Waals surface area contributed by atoms with Crippen LogP contribution in [0.4, 0.5) is 4.79 Å². The fourth-order valence-corrected chi connectivity index (χ4v) is 3.24. The predicted molar refractivity (Wildman–Crippen MR) is 115 cm³/mol. The number of amides is 4. The Morgan fingerprint density at radius 3 is 1.97 bits per heavy atom. The van der Waals surface area contributed by atoms with E-state index in [1.54, 1.807) is 13.8 Å². The monoisotopic (exact) mass is 406 g/mol. The van der Waals surface area contributed by atoms with Gasteiger partial charge in [0.15, 0.2) is 0 Å². The molecule has 1 aliphatic rings. The summed E-state index contributed by atoms with van der Waals surface area (Å²) in [7, 11) is 0. The van der Waals surface area contributed by atoms with E-state index >= 15 is 0 Å². The van der Waals surface area contributed by atoms with Crippen LogP contribution in [0, 0.1) is 0 Å². The number of imide groups is 1. The minimum atomic E-state index is -0.940. The van der Waals surface area contributed by atoms with Gasteiger partial charge in [0.1, 0.15) is 5.54 Å². The number of hydrazone groups is 1. The van der Waals surface area contributed by atoms with E-state index in [4.69, 9.17) is 0 Å². The molecule has 1 fully saturated rings. The van der Waals surface area contributed by atoms with Gasteiger partial charge >= 0.3 is 6.03 Å². The highest BCUT2D eigenvalue weighted by Crippen LogP contribution is 2.16. The molecule has 0 atom stereocenters. The Morgan fingerprint density at radius 1 is 0.967 bits per heavy atom. The standard InChI is InChI=1S/C23H26N4O3/c1-23(2)21(29)27(22(30)24-23)14-13-20(28)26-25-19(15-17-9-5-3-6-10-17)16-18-11-7-4-8-12-18/h3-12H,13-16H2,1-2H3,(H,24,30)(H,26,28). The molecule has 1 saturated heterocycles. The first-order valence-corrected chi connectivity index (χ1v) is 9.91. The maximum Gasteiger partial charge on any atom is 0.325 e. The first kappa shape index (κ1) is 21.2. The minimum absolute atomic E-state index is 0.0112. The van der Waals surface area contributed by atoms with E-state index in [1.165, 1.54) is 0 Å². The molecule has 0 saturated carbocycles. The highest BCUT2D eigenvalue weighted by molar-refractivity contribution is 6.06. The van der Waals surface area contributed by atoms with E-state index in [0.29, 0.717) is 12.8 Å². The fraction of sp³-hybridized carbons (Fsp3) is 0.304. The van der Waals surface area contributed by atoms with Crippen molar-refractivity contribution in [1.29, 1.82) is 0 Å². The summed E-state index contributed by atoms with van der Waals surface area (Å²) in [6.07, 6.45) is 1.21. The van der Waals surface area contributed by atoms with Crippen molar-refractivity contribution in [1.82, 2.24) is 15.6 Å². The number of benzene rings is 2.